The summed E-state index contributed by atoms with van der Waals surface area (Å²) in [5.41, 5.74) is 1.51. The highest BCUT2D eigenvalue weighted by atomic mass is 35.5. The van der Waals surface area contributed by atoms with E-state index in [1.807, 2.05) is 0 Å². The first-order valence-corrected chi connectivity index (χ1v) is 7.92. The molecule has 3 aromatic rings. The van der Waals surface area contributed by atoms with Crippen molar-refractivity contribution in [3.8, 4) is 11.3 Å². The number of aromatic nitrogens is 2. The third-order valence-electron chi connectivity index (χ3n) is 2.99. The zero-order valence-corrected chi connectivity index (χ0v) is 13.7. The largest absolute Gasteiger partial charge is 0.321 e. The van der Waals surface area contributed by atoms with E-state index in [1.54, 1.807) is 30.3 Å². The molecule has 1 amide bonds. The van der Waals surface area contributed by atoms with E-state index in [2.05, 4.69) is 14.9 Å². The molecule has 8 heteroatoms. The Morgan fingerprint density at radius 1 is 1.09 bits per heavy atom. The van der Waals surface area contributed by atoms with Gasteiger partial charge in [-0.25, -0.2) is 4.39 Å². The van der Waals surface area contributed by atoms with Gasteiger partial charge >= 0.3 is 0 Å². The van der Waals surface area contributed by atoms with E-state index in [9.17, 15) is 9.18 Å². The molecule has 0 unspecified atom stereocenters. The van der Waals surface area contributed by atoms with Crippen LogP contribution in [0.4, 0.5) is 10.1 Å². The van der Waals surface area contributed by atoms with Gasteiger partial charge in [-0.1, -0.05) is 27.7 Å². The summed E-state index contributed by atoms with van der Waals surface area (Å²) in [6.45, 7) is 0. The van der Waals surface area contributed by atoms with E-state index in [-0.39, 0.29) is 11.7 Å². The topological polar surface area (TPSA) is 54.9 Å². The molecule has 0 bridgehead atoms. The summed E-state index contributed by atoms with van der Waals surface area (Å²) >= 11 is 12.7. The average molecular weight is 368 g/mol. The Labute approximate surface area is 145 Å². The van der Waals surface area contributed by atoms with Gasteiger partial charge < -0.3 is 5.32 Å². The molecule has 2 aromatic carbocycles. The van der Waals surface area contributed by atoms with Crippen LogP contribution < -0.4 is 5.32 Å². The number of carbonyl (C=O) groups excluding carboxylic acids is 1. The maximum atomic E-state index is 13.0. The molecule has 1 aromatic heterocycles. The van der Waals surface area contributed by atoms with Crippen molar-refractivity contribution in [2.45, 2.75) is 0 Å². The van der Waals surface area contributed by atoms with Crippen LogP contribution >= 0.6 is 34.7 Å². The molecule has 23 heavy (non-hydrogen) atoms. The molecule has 0 spiro atoms. The molecule has 116 valence electrons. The Morgan fingerprint density at radius 2 is 1.83 bits per heavy atom. The quantitative estimate of drug-likeness (QED) is 0.715. The van der Waals surface area contributed by atoms with E-state index in [0.29, 0.717) is 31.9 Å². The van der Waals surface area contributed by atoms with Crippen LogP contribution in [0.3, 0.4) is 0 Å². The van der Waals surface area contributed by atoms with Gasteiger partial charge in [0.15, 0.2) is 0 Å². The Hall–Kier alpha value is -2.02. The number of hydrogen-bond acceptors (Lipinski definition) is 4. The lowest BCUT2D eigenvalue weighted by Crippen LogP contribution is -2.11. The van der Waals surface area contributed by atoms with E-state index in [4.69, 9.17) is 23.2 Å². The van der Waals surface area contributed by atoms with E-state index in [1.165, 1.54) is 12.1 Å². The molecule has 0 saturated carbocycles. The third-order valence-corrected chi connectivity index (χ3v) is 4.45. The van der Waals surface area contributed by atoms with Crippen molar-refractivity contribution < 1.29 is 9.18 Å². The summed E-state index contributed by atoms with van der Waals surface area (Å²) in [4.78, 5) is 12.7. The molecule has 4 nitrogen and oxygen atoms in total. The number of rotatable bonds is 3. The summed E-state index contributed by atoms with van der Waals surface area (Å²) < 4.78 is 16.8. The lowest BCUT2D eigenvalue weighted by Gasteiger charge is -2.06. The number of nitrogens with one attached hydrogen (secondary N) is 1. The van der Waals surface area contributed by atoms with Crippen LogP contribution in [0.1, 0.15) is 9.67 Å². The second-order valence-electron chi connectivity index (χ2n) is 4.54. The molecule has 0 saturated heterocycles. The SMILES string of the molecule is O=C(Nc1ccc(Cl)c(Cl)c1)c1snnc1-c1ccc(F)cc1. The standard InChI is InChI=1S/C15H8Cl2FN3OS/c16-11-6-5-10(7-12(11)17)19-15(22)14-13(20-21-23-14)8-1-3-9(18)4-2-8/h1-7H,(H,19,22). The molecule has 1 N–H and O–H groups in total. The molecular weight excluding hydrogens is 360 g/mol. The van der Waals surface area contributed by atoms with Crippen LogP contribution in [0.2, 0.25) is 10.0 Å². The first-order valence-electron chi connectivity index (χ1n) is 6.39. The van der Waals surface area contributed by atoms with Crippen LogP contribution in [-0.4, -0.2) is 15.5 Å². The van der Waals surface area contributed by atoms with Gasteiger partial charge in [0, 0.05) is 11.3 Å². The number of anilines is 1. The third kappa shape index (κ3) is 3.50. The normalized spacial score (nSPS) is 10.6. The van der Waals surface area contributed by atoms with Gasteiger partial charge in [-0.3, -0.25) is 4.79 Å². The van der Waals surface area contributed by atoms with Crippen LogP contribution in [-0.2, 0) is 0 Å². The number of halogens is 3. The van der Waals surface area contributed by atoms with Gasteiger partial charge in [-0.05, 0) is 54.0 Å². The predicted octanol–water partition coefficient (Wildman–Crippen LogP) is 4.90. The van der Waals surface area contributed by atoms with Crippen molar-refractivity contribution in [2.24, 2.45) is 0 Å². The first-order chi connectivity index (χ1) is 11.0. The second kappa shape index (κ2) is 6.62. The van der Waals surface area contributed by atoms with Gasteiger partial charge in [0.2, 0.25) is 0 Å². The van der Waals surface area contributed by atoms with Crippen molar-refractivity contribution in [2.75, 3.05) is 5.32 Å². The fourth-order valence-corrected chi connectivity index (χ4v) is 2.78. The number of hydrogen-bond donors (Lipinski definition) is 1. The highest BCUT2D eigenvalue weighted by Crippen LogP contribution is 2.27. The van der Waals surface area contributed by atoms with Gasteiger partial charge in [-0.15, -0.1) is 5.10 Å². The second-order valence-corrected chi connectivity index (χ2v) is 6.11. The van der Waals surface area contributed by atoms with E-state index < -0.39 is 0 Å². The lowest BCUT2D eigenvalue weighted by molar-refractivity contribution is 0.103. The van der Waals surface area contributed by atoms with E-state index >= 15 is 0 Å². The van der Waals surface area contributed by atoms with Gasteiger partial charge in [0.25, 0.3) is 5.91 Å². The molecule has 0 aliphatic heterocycles. The number of amides is 1. The Bertz CT molecular complexity index is 867. The minimum absolute atomic E-state index is 0.322. The Morgan fingerprint density at radius 3 is 2.52 bits per heavy atom. The molecule has 0 aliphatic rings. The van der Waals surface area contributed by atoms with Crippen molar-refractivity contribution in [3.63, 3.8) is 0 Å². The number of nitrogens with zero attached hydrogens (tertiary/aromatic N) is 2. The maximum absolute atomic E-state index is 13.0. The summed E-state index contributed by atoms with van der Waals surface area (Å²) in [7, 11) is 0. The first kappa shape index (κ1) is 15.9. The molecule has 0 radical (unpaired) electrons. The van der Waals surface area contributed by atoms with Crippen molar-refractivity contribution in [3.05, 3.63) is 63.2 Å². The summed E-state index contributed by atoms with van der Waals surface area (Å²) in [5, 5.41) is 7.39. The zero-order valence-electron chi connectivity index (χ0n) is 11.4. The molecular formula is C15H8Cl2FN3OS. The van der Waals surface area contributed by atoms with Crippen LogP contribution in [0.5, 0.6) is 0 Å². The van der Waals surface area contributed by atoms with Gasteiger partial charge in [-0.2, -0.15) is 0 Å². The lowest BCUT2D eigenvalue weighted by atomic mass is 10.1. The highest BCUT2D eigenvalue weighted by molar-refractivity contribution is 7.08. The maximum Gasteiger partial charge on any atom is 0.269 e. The summed E-state index contributed by atoms with van der Waals surface area (Å²) in [6, 6.07) is 10.5. The summed E-state index contributed by atoms with van der Waals surface area (Å²) in [6.07, 6.45) is 0. The van der Waals surface area contributed by atoms with Crippen LogP contribution in [0.25, 0.3) is 11.3 Å². The predicted molar refractivity (Wildman–Crippen MR) is 89.7 cm³/mol. The Balaban J connectivity index is 1.87. The molecule has 3 rings (SSSR count). The molecule has 1 heterocycles. The molecule has 0 aliphatic carbocycles. The minimum atomic E-state index is -0.377. The fraction of sp³-hybridized carbons (Fsp3) is 0. The van der Waals surface area contributed by atoms with Crippen LogP contribution in [0.15, 0.2) is 42.5 Å². The average Bonchev–Trinajstić information content (AvgIpc) is 3.01. The highest BCUT2D eigenvalue weighted by Gasteiger charge is 2.18. The fourth-order valence-electron chi connectivity index (χ4n) is 1.90. The van der Waals surface area contributed by atoms with Crippen LogP contribution in [0, 0.1) is 5.82 Å². The van der Waals surface area contributed by atoms with Crippen molar-refractivity contribution in [1.29, 1.82) is 0 Å². The van der Waals surface area contributed by atoms with Gasteiger partial charge in [0.05, 0.1) is 10.0 Å². The smallest absolute Gasteiger partial charge is 0.269 e. The number of benzene rings is 2. The Kier molecular flexibility index (Phi) is 4.56. The van der Waals surface area contributed by atoms with Crippen molar-refractivity contribution >= 4 is 46.3 Å². The monoisotopic (exact) mass is 367 g/mol. The van der Waals surface area contributed by atoms with Crippen molar-refractivity contribution in [1.82, 2.24) is 9.59 Å². The van der Waals surface area contributed by atoms with Gasteiger partial charge in [0.1, 0.15) is 16.4 Å². The number of carbonyl (C=O) groups is 1. The van der Waals surface area contributed by atoms with E-state index in [0.717, 1.165) is 11.5 Å². The molecule has 0 fully saturated rings. The zero-order chi connectivity index (χ0) is 16.4. The minimum Gasteiger partial charge on any atom is -0.321 e. The summed E-state index contributed by atoms with van der Waals surface area (Å²) in [5.74, 6) is -0.739. The molecule has 0 atom stereocenters.